The van der Waals surface area contributed by atoms with Crippen LogP contribution in [0.2, 0.25) is 0 Å². The Balaban J connectivity index is 1.32. The van der Waals surface area contributed by atoms with Gasteiger partial charge in [-0.2, -0.15) is 0 Å². The van der Waals surface area contributed by atoms with Crippen molar-refractivity contribution in [2.24, 2.45) is 0 Å². The number of nitrogens with one attached hydrogen (secondary N) is 1. The van der Waals surface area contributed by atoms with E-state index in [1.54, 1.807) is 0 Å². The first-order valence-electron chi connectivity index (χ1n) is 9.64. The Morgan fingerprint density at radius 1 is 1.04 bits per heavy atom. The fraction of sp³-hybridized carbons (Fsp3) is 0.167. The van der Waals surface area contributed by atoms with Crippen molar-refractivity contribution in [1.29, 1.82) is 0 Å². The van der Waals surface area contributed by atoms with Crippen LogP contribution >= 0.6 is 0 Å². The molecular weight excluding hydrogens is 346 g/mol. The van der Waals surface area contributed by atoms with Gasteiger partial charge < -0.3 is 9.88 Å². The van der Waals surface area contributed by atoms with Gasteiger partial charge in [0.2, 0.25) is 0 Å². The minimum atomic E-state index is 0.244. The Morgan fingerprint density at radius 3 is 2.79 bits per heavy atom. The summed E-state index contributed by atoms with van der Waals surface area (Å²) < 4.78 is 0. The van der Waals surface area contributed by atoms with Crippen LogP contribution < -0.4 is 4.90 Å². The summed E-state index contributed by atoms with van der Waals surface area (Å²) in [5.74, 6) is 0.244. The first kappa shape index (κ1) is 16.8. The zero-order valence-electron chi connectivity index (χ0n) is 15.6. The van der Waals surface area contributed by atoms with Gasteiger partial charge in [-0.25, -0.2) is 0 Å². The predicted molar refractivity (Wildman–Crippen MR) is 112 cm³/mol. The predicted octanol–water partition coefficient (Wildman–Crippen LogP) is 4.61. The van der Waals surface area contributed by atoms with E-state index in [1.807, 2.05) is 48.9 Å². The molecule has 5 rings (SSSR count). The number of Topliss-reactive ketones (excluding diaryl/α,β-unsaturated/α-hetero) is 1. The molecule has 4 heteroatoms. The van der Waals surface area contributed by atoms with Crippen LogP contribution in [-0.4, -0.2) is 22.3 Å². The molecular formula is C24H21N3O. The SMILES string of the molecule is O=C(Cc1ccc2c(c1)CCN2c1ccncc1)Cc1c[nH]c2ccccc12. The van der Waals surface area contributed by atoms with E-state index in [4.69, 9.17) is 0 Å². The average molecular weight is 367 g/mol. The maximum absolute atomic E-state index is 12.7. The van der Waals surface area contributed by atoms with Gasteiger partial charge in [-0.1, -0.05) is 30.3 Å². The van der Waals surface area contributed by atoms with Crippen molar-refractivity contribution in [1.82, 2.24) is 9.97 Å². The van der Waals surface area contributed by atoms with Crippen molar-refractivity contribution in [3.8, 4) is 0 Å². The number of ketones is 1. The maximum Gasteiger partial charge on any atom is 0.141 e. The van der Waals surface area contributed by atoms with E-state index in [-0.39, 0.29) is 5.78 Å². The number of carbonyl (C=O) groups excluding carboxylic acids is 1. The number of H-pyrrole nitrogens is 1. The standard InChI is InChI=1S/C24H21N3O/c28-21(15-19-16-26-23-4-2-1-3-22(19)23)14-17-5-6-24-18(13-17)9-12-27(24)20-7-10-25-11-8-20/h1-8,10-11,13,16,26H,9,12,14-15H2. The average Bonchev–Trinajstić information content (AvgIpc) is 3.33. The summed E-state index contributed by atoms with van der Waals surface area (Å²) in [6.07, 6.45) is 7.54. The number of fused-ring (bicyclic) bond motifs is 2. The molecule has 28 heavy (non-hydrogen) atoms. The number of para-hydroxylation sites is 1. The smallest absolute Gasteiger partial charge is 0.141 e. The Bertz CT molecular complexity index is 1150. The topological polar surface area (TPSA) is 49.0 Å². The van der Waals surface area contributed by atoms with Gasteiger partial charge in [-0.05, 0) is 47.4 Å². The van der Waals surface area contributed by atoms with Gasteiger partial charge in [0.25, 0.3) is 0 Å². The fourth-order valence-electron chi connectivity index (χ4n) is 4.14. The lowest BCUT2D eigenvalue weighted by Crippen LogP contribution is -2.13. The van der Waals surface area contributed by atoms with Crippen molar-refractivity contribution in [3.05, 3.63) is 89.9 Å². The molecule has 0 spiro atoms. The number of aromatic amines is 1. The Morgan fingerprint density at radius 2 is 1.89 bits per heavy atom. The van der Waals surface area contributed by atoms with E-state index < -0.39 is 0 Å². The normalized spacial score (nSPS) is 13.1. The van der Waals surface area contributed by atoms with Crippen LogP contribution in [0.5, 0.6) is 0 Å². The maximum atomic E-state index is 12.7. The highest BCUT2D eigenvalue weighted by Crippen LogP contribution is 2.34. The van der Waals surface area contributed by atoms with Crippen LogP contribution in [0.4, 0.5) is 11.4 Å². The summed E-state index contributed by atoms with van der Waals surface area (Å²) in [4.78, 5) is 22.3. The molecule has 0 saturated carbocycles. The lowest BCUT2D eigenvalue weighted by atomic mass is 10.00. The largest absolute Gasteiger partial charge is 0.361 e. The third kappa shape index (κ3) is 3.07. The van der Waals surface area contributed by atoms with Crippen LogP contribution in [0.3, 0.4) is 0 Å². The number of pyridine rings is 1. The Labute approximate surface area is 163 Å². The van der Waals surface area contributed by atoms with E-state index in [0.717, 1.165) is 40.7 Å². The number of anilines is 2. The molecule has 4 aromatic rings. The van der Waals surface area contributed by atoms with Crippen molar-refractivity contribution in [3.63, 3.8) is 0 Å². The van der Waals surface area contributed by atoms with Crippen molar-refractivity contribution >= 4 is 28.1 Å². The lowest BCUT2D eigenvalue weighted by Gasteiger charge is -2.19. The molecule has 0 bridgehead atoms. The molecule has 0 atom stereocenters. The number of hydrogen-bond donors (Lipinski definition) is 1. The van der Waals surface area contributed by atoms with Crippen molar-refractivity contribution < 1.29 is 4.79 Å². The summed E-state index contributed by atoms with van der Waals surface area (Å²) >= 11 is 0. The van der Waals surface area contributed by atoms with Crippen molar-refractivity contribution in [2.45, 2.75) is 19.3 Å². The van der Waals surface area contributed by atoms with Gasteiger partial charge in [0.15, 0.2) is 0 Å². The third-order valence-corrected chi connectivity index (χ3v) is 5.48. The summed E-state index contributed by atoms with van der Waals surface area (Å²) in [5, 5.41) is 1.14. The summed E-state index contributed by atoms with van der Waals surface area (Å²) in [6, 6.07) is 18.6. The monoisotopic (exact) mass is 367 g/mol. The second-order valence-corrected chi connectivity index (χ2v) is 7.32. The minimum Gasteiger partial charge on any atom is -0.361 e. The van der Waals surface area contributed by atoms with E-state index in [0.29, 0.717) is 12.8 Å². The number of nitrogens with zero attached hydrogens (tertiary/aromatic N) is 2. The number of benzene rings is 2. The highest BCUT2D eigenvalue weighted by Gasteiger charge is 2.21. The van der Waals surface area contributed by atoms with E-state index in [1.165, 1.54) is 11.3 Å². The zero-order chi connectivity index (χ0) is 18.9. The second kappa shape index (κ2) is 6.97. The lowest BCUT2D eigenvalue weighted by molar-refractivity contribution is -0.117. The first-order chi connectivity index (χ1) is 13.8. The van der Waals surface area contributed by atoms with Gasteiger partial charge in [0, 0.05) is 60.3 Å². The Hall–Kier alpha value is -3.40. The van der Waals surface area contributed by atoms with Gasteiger partial charge >= 0.3 is 0 Å². The molecule has 2 aromatic heterocycles. The molecule has 0 aliphatic carbocycles. The van der Waals surface area contributed by atoms with Crippen LogP contribution in [-0.2, 0) is 24.1 Å². The van der Waals surface area contributed by atoms with Gasteiger partial charge in [-0.3, -0.25) is 9.78 Å². The second-order valence-electron chi connectivity index (χ2n) is 7.32. The number of carbonyl (C=O) groups is 1. The van der Waals surface area contributed by atoms with E-state index in [9.17, 15) is 4.79 Å². The van der Waals surface area contributed by atoms with E-state index >= 15 is 0 Å². The molecule has 1 N–H and O–H groups in total. The quantitative estimate of drug-likeness (QED) is 0.560. The third-order valence-electron chi connectivity index (χ3n) is 5.48. The van der Waals surface area contributed by atoms with Crippen molar-refractivity contribution in [2.75, 3.05) is 11.4 Å². The number of hydrogen-bond acceptors (Lipinski definition) is 3. The van der Waals surface area contributed by atoms with E-state index in [2.05, 4.69) is 39.1 Å². The summed E-state index contributed by atoms with van der Waals surface area (Å²) in [7, 11) is 0. The van der Waals surface area contributed by atoms with Crippen LogP contribution in [0.1, 0.15) is 16.7 Å². The fourth-order valence-corrected chi connectivity index (χ4v) is 4.14. The Kier molecular flexibility index (Phi) is 4.17. The highest BCUT2D eigenvalue weighted by atomic mass is 16.1. The molecule has 0 radical (unpaired) electrons. The molecule has 0 amide bonds. The van der Waals surface area contributed by atoms with Gasteiger partial charge in [0.05, 0.1) is 0 Å². The minimum absolute atomic E-state index is 0.244. The zero-order valence-corrected chi connectivity index (χ0v) is 15.6. The summed E-state index contributed by atoms with van der Waals surface area (Å²) in [5.41, 5.74) is 6.97. The molecule has 0 fully saturated rings. The number of rotatable bonds is 5. The van der Waals surface area contributed by atoms with Gasteiger partial charge in [0.1, 0.15) is 5.78 Å². The van der Waals surface area contributed by atoms with Crippen LogP contribution in [0, 0.1) is 0 Å². The molecule has 4 nitrogen and oxygen atoms in total. The first-order valence-corrected chi connectivity index (χ1v) is 9.64. The molecule has 0 saturated heterocycles. The molecule has 0 unspecified atom stereocenters. The number of aromatic nitrogens is 2. The highest BCUT2D eigenvalue weighted by molar-refractivity contribution is 5.90. The molecule has 138 valence electrons. The molecule has 1 aliphatic rings. The van der Waals surface area contributed by atoms with Crippen LogP contribution in [0.15, 0.2) is 73.2 Å². The van der Waals surface area contributed by atoms with Gasteiger partial charge in [-0.15, -0.1) is 0 Å². The molecule has 3 heterocycles. The summed E-state index contributed by atoms with van der Waals surface area (Å²) in [6.45, 7) is 0.964. The molecule has 2 aromatic carbocycles. The molecule has 1 aliphatic heterocycles. The van der Waals surface area contributed by atoms with Crippen LogP contribution in [0.25, 0.3) is 10.9 Å².